The Morgan fingerprint density at radius 2 is 2.00 bits per heavy atom. The number of hydrogen-bond acceptors (Lipinski definition) is 5. The predicted molar refractivity (Wildman–Crippen MR) is 89.8 cm³/mol. The summed E-state index contributed by atoms with van der Waals surface area (Å²) >= 11 is 0. The summed E-state index contributed by atoms with van der Waals surface area (Å²) in [6.45, 7) is -0.194. The van der Waals surface area contributed by atoms with Crippen molar-refractivity contribution in [2.24, 2.45) is 5.18 Å². The maximum Gasteiger partial charge on any atom is 0.416 e. The van der Waals surface area contributed by atoms with E-state index in [0.717, 1.165) is 28.8 Å². The second kappa shape index (κ2) is 6.48. The van der Waals surface area contributed by atoms with Crippen LogP contribution in [0.25, 0.3) is 10.9 Å². The second-order valence-electron chi connectivity index (χ2n) is 6.24. The number of benzene rings is 2. The summed E-state index contributed by atoms with van der Waals surface area (Å²) < 4.78 is 64.8. The predicted octanol–water partition coefficient (Wildman–Crippen LogP) is 4.82. The summed E-state index contributed by atoms with van der Waals surface area (Å²) in [5, 5.41) is 13.2. The molecule has 0 aliphatic carbocycles. The number of ether oxygens (including phenoxy) is 2. The molecule has 0 saturated heterocycles. The molecule has 3 aromatic rings. The van der Waals surface area contributed by atoms with Crippen LogP contribution in [-0.2, 0) is 24.1 Å². The largest absolute Gasteiger partial charge is 0.493 e. The normalized spacial score (nSPS) is 14.0. The van der Waals surface area contributed by atoms with E-state index < -0.39 is 29.1 Å². The van der Waals surface area contributed by atoms with Gasteiger partial charge in [-0.3, -0.25) is 0 Å². The van der Waals surface area contributed by atoms with E-state index in [2.05, 4.69) is 5.18 Å². The molecule has 0 radical (unpaired) electrons. The Hall–Kier alpha value is -3.14. The molecule has 0 amide bonds. The van der Waals surface area contributed by atoms with Gasteiger partial charge in [0.2, 0.25) is 5.88 Å². The van der Waals surface area contributed by atoms with Crippen molar-refractivity contribution in [3.63, 3.8) is 0 Å². The standard InChI is InChI=1S/C18H12F4N2O4/c19-12-3-9(16-10(4-12)7-27-8-28-16)6-24-14-5-11(18(20,21)22)1-2-13(14)15(23-26)17(24)25/h1-5,25H,6-8H2. The van der Waals surface area contributed by atoms with Gasteiger partial charge in [0.1, 0.15) is 11.6 Å². The average molecular weight is 396 g/mol. The number of hydrogen-bond donors (Lipinski definition) is 1. The SMILES string of the molecule is O=Nc1c(O)n(Cc2cc(F)cc3c2OCOC3)c2cc(C(F)(F)F)ccc12. The first-order valence-corrected chi connectivity index (χ1v) is 8.07. The van der Waals surface area contributed by atoms with Crippen molar-refractivity contribution in [3.05, 3.63) is 57.7 Å². The van der Waals surface area contributed by atoms with E-state index in [9.17, 15) is 27.6 Å². The van der Waals surface area contributed by atoms with Crippen LogP contribution in [0.4, 0.5) is 23.2 Å². The van der Waals surface area contributed by atoms with E-state index >= 15 is 0 Å². The number of aromatic nitrogens is 1. The molecule has 6 nitrogen and oxygen atoms in total. The summed E-state index contributed by atoms with van der Waals surface area (Å²) in [6.07, 6.45) is -4.62. The van der Waals surface area contributed by atoms with Crippen molar-refractivity contribution in [2.75, 3.05) is 6.79 Å². The Morgan fingerprint density at radius 1 is 1.21 bits per heavy atom. The number of rotatable bonds is 3. The van der Waals surface area contributed by atoms with E-state index in [1.165, 1.54) is 6.07 Å². The van der Waals surface area contributed by atoms with E-state index in [-0.39, 0.29) is 36.4 Å². The molecule has 2 aromatic carbocycles. The monoisotopic (exact) mass is 396 g/mol. The van der Waals surface area contributed by atoms with Gasteiger partial charge in [0.05, 0.1) is 24.2 Å². The maximum absolute atomic E-state index is 14.0. The van der Waals surface area contributed by atoms with Crippen LogP contribution in [0, 0.1) is 10.7 Å². The van der Waals surface area contributed by atoms with Crippen LogP contribution >= 0.6 is 0 Å². The van der Waals surface area contributed by atoms with Crippen LogP contribution in [0.15, 0.2) is 35.5 Å². The molecule has 1 aliphatic heterocycles. The van der Waals surface area contributed by atoms with E-state index in [1.807, 2.05) is 0 Å². The van der Waals surface area contributed by atoms with Crippen LogP contribution in [0.3, 0.4) is 0 Å². The highest BCUT2D eigenvalue weighted by Crippen LogP contribution is 2.42. The average Bonchev–Trinajstić information content (AvgIpc) is 2.91. The van der Waals surface area contributed by atoms with Crippen LogP contribution in [0.5, 0.6) is 11.6 Å². The molecule has 2 heterocycles. The summed E-state index contributed by atoms with van der Waals surface area (Å²) in [7, 11) is 0. The lowest BCUT2D eigenvalue weighted by Crippen LogP contribution is -2.15. The first-order chi connectivity index (χ1) is 13.3. The van der Waals surface area contributed by atoms with Crippen LogP contribution in [0.1, 0.15) is 16.7 Å². The molecular formula is C18H12F4N2O4. The number of halogens is 4. The Bertz CT molecular complexity index is 1090. The Kier molecular flexibility index (Phi) is 4.22. The number of nitroso groups, excluding NO2 is 1. The molecular weight excluding hydrogens is 384 g/mol. The van der Waals surface area contributed by atoms with Gasteiger partial charge in [-0.15, -0.1) is 4.91 Å². The van der Waals surface area contributed by atoms with Crippen molar-refractivity contribution >= 4 is 16.6 Å². The molecule has 146 valence electrons. The van der Waals surface area contributed by atoms with E-state index in [0.29, 0.717) is 11.3 Å². The molecule has 0 atom stereocenters. The number of alkyl halides is 3. The lowest BCUT2D eigenvalue weighted by atomic mass is 10.1. The summed E-state index contributed by atoms with van der Waals surface area (Å²) in [6, 6.07) is 5.05. The smallest absolute Gasteiger partial charge is 0.416 e. The Labute approximate surface area is 154 Å². The first kappa shape index (κ1) is 18.2. The zero-order valence-corrected chi connectivity index (χ0v) is 14.1. The molecule has 28 heavy (non-hydrogen) atoms. The van der Waals surface area contributed by atoms with E-state index in [4.69, 9.17) is 9.47 Å². The molecule has 0 spiro atoms. The van der Waals surface area contributed by atoms with Gasteiger partial charge in [-0.25, -0.2) is 4.39 Å². The minimum Gasteiger partial charge on any atom is -0.493 e. The van der Waals surface area contributed by atoms with Gasteiger partial charge in [0.25, 0.3) is 0 Å². The third kappa shape index (κ3) is 2.95. The van der Waals surface area contributed by atoms with Crippen molar-refractivity contribution in [2.45, 2.75) is 19.3 Å². The number of aromatic hydroxyl groups is 1. The fraction of sp³-hybridized carbons (Fsp3) is 0.222. The van der Waals surface area contributed by atoms with Gasteiger partial charge in [0.15, 0.2) is 12.5 Å². The lowest BCUT2D eigenvalue weighted by Gasteiger charge is -2.21. The zero-order chi connectivity index (χ0) is 20.1. The summed E-state index contributed by atoms with van der Waals surface area (Å²) in [5.74, 6) is -0.889. The highest BCUT2D eigenvalue weighted by Gasteiger charge is 2.32. The Balaban J connectivity index is 1.91. The molecule has 1 N–H and O–H groups in total. The summed E-state index contributed by atoms with van der Waals surface area (Å²) in [5.41, 5.74) is -0.699. The molecule has 0 unspecified atom stereocenters. The lowest BCUT2D eigenvalue weighted by molar-refractivity contribution is -0.137. The van der Waals surface area contributed by atoms with Crippen LogP contribution in [-0.4, -0.2) is 16.5 Å². The van der Waals surface area contributed by atoms with Gasteiger partial charge in [-0.05, 0) is 35.5 Å². The zero-order valence-electron chi connectivity index (χ0n) is 14.1. The third-order valence-corrected chi connectivity index (χ3v) is 4.51. The molecule has 4 rings (SSSR count). The highest BCUT2D eigenvalue weighted by molar-refractivity contribution is 5.95. The van der Waals surface area contributed by atoms with Crippen molar-refractivity contribution in [1.82, 2.24) is 4.57 Å². The van der Waals surface area contributed by atoms with Crippen molar-refractivity contribution in [3.8, 4) is 11.6 Å². The van der Waals surface area contributed by atoms with Gasteiger partial charge in [0, 0.05) is 16.5 Å². The number of fused-ring (bicyclic) bond motifs is 2. The fourth-order valence-corrected chi connectivity index (χ4v) is 3.29. The van der Waals surface area contributed by atoms with Crippen LogP contribution < -0.4 is 4.74 Å². The fourth-order valence-electron chi connectivity index (χ4n) is 3.29. The first-order valence-electron chi connectivity index (χ1n) is 8.07. The third-order valence-electron chi connectivity index (χ3n) is 4.51. The molecule has 1 aromatic heterocycles. The maximum atomic E-state index is 14.0. The number of nitrogens with zero attached hydrogens (tertiary/aromatic N) is 2. The minimum atomic E-state index is -4.62. The second-order valence-corrected chi connectivity index (χ2v) is 6.24. The van der Waals surface area contributed by atoms with Crippen molar-refractivity contribution in [1.29, 1.82) is 0 Å². The molecule has 0 saturated carbocycles. The molecule has 0 fully saturated rings. The highest BCUT2D eigenvalue weighted by atomic mass is 19.4. The van der Waals surface area contributed by atoms with Gasteiger partial charge >= 0.3 is 6.18 Å². The van der Waals surface area contributed by atoms with E-state index in [1.54, 1.807) is 0 Å². The molecule has 10 heteroatoms. The van der Waals surface area contributed by atoms with Crippen LogP contribution in [0.2, 0.25) is 0 Å². The van der Waals surface area contributed by atoms with Gasteiger partial charge in [-0.1, -0.05) is 0 Å². The topological polar surface area (TPSA) is 73.0 Å². The Morgan fingerprint density at radius 3 is 2.71 bits per heavy atom. The van der Waals surface area contributed by atoms with Crippen molar-refractivity contribution < 1.29 is 32.1 Å². The van der Waals surface area contributed by atoms with Gasteiger partial charge < -0.3 is 19.1 Å². The quantitative estimate of drug-likeness (QED) is 0.509. The molecule has 1 aliphatic rings. The minimum absolute atomic E-state index is 0.0509. The summed E-state index contributed by atoms with van der Waals surface area (Å²) in [4.78, 5) is 11.1. The van der Waals surface area contributed by atoms with Gasteiger partial charge in [-0.2, -0.15) is 13.2 Å². The molecule has 0 bridgehead atoms.